The van der Waals surface area contributed by atoms with Crippen molar-refractivity contribution in [2.75, 3.05) is 18.4 Å². The number of thiazole rings is 1. The Labute approximate surface area is 153 Å². The molecule has 0 unspecified atom stereocenters. The lowest BCUT2D eigenvalue weighted by atomic mass is 10.2. The first-order chi connectivity index (χ1) is 12.6. The topological polar surface area (TPSA) is 45.2 Å². The lowest BCUT2D eigenvalue weighted by Gasteiger charge is -2.22. The van der Waals surface area contributed by atoms with E-state index >= 15 is 0 Å². The molecular formula is C19H17F2N3OS. The van der Waals surface area contributed by atoms with Crippen LogP contribution in [0, 0.1) is 11.6 Å². The molecule has 1 aromatic heterocycles. The maximum absolute atomic E-state index is 13.7. The van der Waals surface area contributed by atoms with Crippen molar-refractivity contribution in [1.82, 2.24) is 9.88 Å². The molecule has 0 radical (unpaired) electrons. The van der Waals surface area contributed by atoms with E-state index in [1.54, 1.807) is 11.3 Å². The summed E-state index contributed by atoms with van der Waals surface area (Å²) in [4.78, 5) is 19.1. The normalized spacial score (nSPS) is 17.7. The highest BCUT2D eigenvalue weighted by molar-refractivity contribution is 7.18. The zero-order valence-corrected chi connectivity index (χ0v) is 14.7. The summed E-state index contributed by atoms with van der Waals surface area (Å²) in [5, 5.41) is 3.53. The molecule has 1 aliphatic rings. The van der Waals surface area contributed by atoms with E-state index in [0.717, 1.165) is 46.7 Å². The summed E-state index contributed by atoms with van der Waals surface area (Å²) in [5.74, 6) is -1.76. The van der Waals surface area contributed by atoms with Crippen LogP contribution in [0.15, 0.2) is 42.5 Å². The predicted molar refractivity (Wildman–Crippen MR) is 98.2 cm³/mol. The van der Waals surface area contributed by atoms with Gasteiger partial charge >= 0.3 is 0 Å². The van der Waals surface area contributed by atoms with Gasteiger partial charge in [0, 0.05) is 6.07 Å². The Morgan fingerprint density at radius 3 is 2.92 bits per heavy atom. The molecular weight excluding hydrogens is 356 g/mol. The van der Waals surface area contributed by atoms with Crippen LogP contribution < -0.4 is 5.32 Å². The fraction of sp³-hybridized carbons (Fsp3) is 0.263. The van der Waals surface area contributed by atoms with E-state index < -0.39 is 11.6 Å². The molecule has 7 heteroatoms. The SMILES string of the molecule is O=C(CN1CCC[C@H]1c1nc2ccccc2s1)Nc1ccc(F)cc1F. The fourth-order valence-corrected chi connectivity index (χ4v) is 4.43. The van der Waals surface area contributed by atoms with Crippen molar-refractivity contribution in [2.24, 2.45) is 0 Å². The second-order valence-electron chi connectivity index (χ2n) is 6.32. The summed E-state index contributed by atoms with van der Waals surface area (Å²) in [5.41, 5.74) is 0.962. The smallest absolute Gasteiger partial charge is 0.238 e. The Balaban J connectivity index is 1.47. The third-order valence-electron chi connectivity index (χ3n) is 4.51. The molecule has 134 valence electrons. The first-order valence-electron chi connectivity index (χ1n) is 8.44. The van der Waals surface area contributed by atoms with E-state index in [0.29, 0.717) is 0 Å². The number of fused-ring (bicyclic) bond motifs is 1. The summed E-state index contributed by atoms with van der Waals surface area (Å²) in [7, 11) is 0. The van der Waals surface area contributed by atoms with Crippen molar-refractivity contribution in [1.29, 1.82) is 0 Å². The Morgan fingerprint density at radius 2 is 2.12 bits per heavy atom. The van der Waals surface area contributed by atoms with Crippen LogP contribution in [-0.2, 0) is 4.79 Å². The number of anilines is 1. The molecule has 0 saturated carbocycles. The van der Waals surface area contributed by atoms with Gasteiger partial charge in [0.2, 0.25) is 5.91 Å². The van der Waals surface area contributed by atoms with Gasteiger partial charge in [-0.3, -0.25) is 9.69 Å². The van der Waals surface area contributed by atoms with Crippen molar-refractivity contribution in [3.05, 3.63) is 59.1 Å². The monoisotopic (exact) mass is 373 g/mol. The van der Waals surface area contributed by atoms with Crippen molar-refractivity contribution in [3.8, 4) is 0 Å². The van der Waals surface area contributed by atoms with E-state index in [-0.39, 0.29) is 24.2 Å². The van der Waals surface area contributed by atoms with Crippen LogP contribution in [0.25, 0.3) is 10.2 Å². The third kappa shape index (κ3) is 3.45. The number of hydrogen-bond donors (Lipinski definition) is 1. The number of carbonyl (C=O) groups is 1. The Morgan fingerprint density at radius 1 is 1.27 bits per heavy atom. The molecule has 1 fully saturated rings. The number of nitrogens with one attached hydrogen (secondary N) is 1. The van der Waals surface area contributed by atoms with Gasteiger partial charge < -0.3 is 5.32 Å². The minimum Gasteiger partial charge on any atom is -0.322 e. The van der Waals surface area contributed by atoms with Crippen LogP contribution in [-0.4, -0.2) is 28.9 Å². The van der Waals surface area contributed by atoms with Crippen LogP contribution in [0.3, 0.4) is 0 Å². The Bertz CT molecular complexity index is 926. The highest BCUT2D eigenvalue weighted by atomic mass is 32.1. The first-order valence-corrected chi connectivity index (χ1v) is 9.26. The molecule has 4 rings (SSSR count). The molecule has 2 aromatic carbocycles. The van der Waals surface area contributed by atoms with E-state index in [1.807, 2.05) is 24.3 Å². The fourth-order valence-electron chi connectivity index (χ4n) is 3.29. The number of para-hydroxylation sites is 1. The van der Waals surface area contributed by atoms with E-state index in [9.17, 15) is 13.6 Å². The molecule has 1 N–H and O–H groups in total. The van der Waals surface area contributed by atoms with E-state index in [1.165, 1.54) is 6.07 Å². The van der Waals surface area contributed by atoms with E-state index in [2.05, 4.69) is 10.2 Å². The van der Waals surface area contributed by atoms with Gasteiger partial charge in [-0.25, -0.2) is 13.8 Å². The third-order valence-corrected chi connectivity index (χ3v) is 5.65. The molecule has 2 heterocycles. The summed E-state index contributed by atoms with van der Waals surface area (Å²) in [6.07, 6.45) is 1.93. The van der Waals surface area contributed by atoms with Gasteiger partial charge in [0.1, 0.15) is 16.6 Å². The predicted octanol–water partition coefficient (Wildman–Crippen LogP) is 4.35. The van der Waals surface area contributed by atoms with Crippen molar-refractivity contribution in [2.45, 2.75) is 18.9 Å². The molecule has 1 saturated heterocycles. The van der Waals surface area contributed by atoms with Gasteiger partial charge in [0.05, 0.1) is 28.5 Å². The molecule has 0 spiro atoms. The quantitative estimate of drug-likeness (QED) is 0.740. The number of nitrogens with zero attached hydrogens (tertiary/aromatic N) is 2. The number of benzene rings is 2. The van der Waals surface area contributed by atoms with Gasteiger partial charge in [-0.1, -0.05) is 12.1 Å². The molecule has 1 aliphatic heterocycles. The van der Waals surface area contributed by atoms with Crippen molar-refractivity contribution < 1.29 is 13.6 Å². The van der Waals surface area contributed by atoms with Gasteiger partial charge in [-0.2, -0.15) is 0 Å². The molecule has 0 aliphatic carbocycles. The zero-order chi connectivity index (χ0) is 18.1. The number of aromatic nitrogens is 1. The van der Waals surface area contributed by atoms with Gasteiger partial charge in [-0.15, -0.1) is 11.3 Å². The summed E-state index contributed by atoms with van der Waals surface area (Å²) < 4.78 is 27.8. The van der Waals surface area contributed by atoms with Crippen molar-refractivity contribution >= 4 is 33.1 Å². The summed E-state index contributed by atoms with van der Waals surface area (Å²) >= 11 is 1.65. The van der Waals surface area contributed by atoms with Gasteiger partial charge in [-0.05, 0) is 43.7 Å². The number of halogens is 2. The second kappa shape index (κ2) is 7.09. The molecule has 3 aromatic rings. The van der Waals surface area contributed by atoms with E-state index in [4.69, 9.17) is 4.98 Å². The summed E-state index contributed by atoms with van der Waals surface area (Å²) in [6, 6.07) is 11.2. The largest absolute Gasteiger partial charge is 0.322 e. The highest BCUT2D eigenvalue weighted by Crippen LogP contribution is 2.36. The standard InChI is InChI=1S/C19H17F2N3OS/c20-12-7-8-14(13(21)10-12)22-18(25)11-24-9-3-5-16(24)19-23-15-4-1-2-6-17(15)26-19/h1-2,4,6-8,10,16H,3,5,9,11H2,(H,22,25)/t16-/m0/s1. The molecule has 0 bridgehead atoms. The number of amides is 1. The summed E-state index contributed by atoms with van der Waals surface area (Å²) in [6.45, 7) is 0.942. The maximum Gasteiger partial charge on any atom is 0.238 e. The minimum absolute atomic E-state index is 0.00728. The second-order valence-corrected chi connectivity index (χ2v) is 7.38. The maximum atomic E-state index is 13.7. The molecule has 4 nitrogen and oxygen atoms in total. The average Bonchev–Trinajstić information content (AvgIpc) is 3.23. The lowest BCUT2D eigenvalue weighted by molar-refractivity contribution is -0.117. The van der Waals surface area contributed by atoms with Crippen LogP contribution in [0.1, 0.15) is 23.9 Å². The zero-order valence-electron chi connectivity index (χ0n) is 13.9. The van der Waals surface area contributed by atoms with Crippen LogP contribution in [0.2, 0.25) is 0 Å². The molecule has 1 atom stereocenters. The van der Waals surface area contributed by atoms with Gasteiger partial charge in [0.25, 0.3) is 0 Å². The molecule has 26 heavy (non-hydrogen) atoms. The van der Waals surface area contributed by atoms with Crippen LogP contribution >= 0.6 is 11.3 Å². The lowest BCUT2D eigenvalue weighted by Crippen LogP contribution is -2.33. The molecule has 1 amide bonds. The Kier molecular flexibility index (Phi) is 4.65. The van der Waals surface area contributed by atoms with Crippen LogP contribution in [0.4, 0.5) is 14.5 Å². The number of rotatable bonds is 4. The highest BCUT2D eigenvalue weighted by Gasteiger charge is 2.30. The number of hydrogen-bond acceptors (Lipinski definition) is 4. The average molecular weight is 373 g/mol. The minimum atomic E-state index is -0.775. The van der Waals surface area contributed by atoms with Gasteiger partial charge in [0.15, 0.2) is 0 Å². The van der Waals surface area contributed by atoms with Crippen molar-refractivity contribution in [3.63, 3.8) is 0 Å². The first kappa shape index (κ1) is 17.1. The Hall–Kier alpha value is -2.38. The number of carbonyl (C=O) groups excluding carboxylic acids is 1. The number of likely N-dealkylation sites (tertiary alicyclic amines) is 1. The van der Waals surface area contributed by atoms with Crippen LogP contribution in [0.5, 0.6) is 0 Å².